The average Bonchev–Trinajstić information content (AvgIpc) is 2.80. The summed E-state index contributed by atoms with van der Waals surface area (Å²) in [4.78, 5) is 0. The lowest BCUT2D eigenvalue weighted by Gasteiger charge is -2.07. The number of nitrogens with zero attached hydrogens (tertiary/aromatic N) is 2. The van der Waals surface area contributed by atoms with Gasteiger partial charge in [0.15, 0.2) is 0 Å². The van der Waals surface area contributed by atoms with Crippen molar-refractivity contribution in [2.45, 2.75) is 6.54 Å². The molecule has 0 aliphatic heterocycles. The monoisotopic (exact) mass is 310 g/mol. The molecule has 0 saturated heterocycles. The van der Waals surface area contributed by atoms with Crippen LogP contribution in [-0.2, 0) is 6.54 Å². The first-order valence-corrected chi connectivity index (χ1v) is 6.55. The van der Waals surface area contributed by atoms with E-state index in [0.717, 1.165) is 0 Å². The van der Waals surface area contributed by atoms with E-state index in [1.807, 2.05) is 0 Å². The summed E-state index contributed by atoms with van der Waals surface area (Å²) in [5.41, 5.74) is 23.4. The van der Waals surface area contributed by atoms with Crippen LogP contribution in [-0.4, -0.2) is 39.8 Å². The number of aliphatic hydroxyl groups excluding tert-OH is 2. The molecule has 0 aliphatic rings. The second kappa shape index (κ2) is 8.60. The topological polar surface area (TPSA) is 172 Å². The van der Waals surface area contributed by atoms with Gasteiger partial charge in [-0.05, 0) is 18.2 Å². The van der Waals surface area contributed by atoms with Crippen LogP contribution in [0.5, 0.6) is 5.75 Å². The van der Waals surface area contributed by atoms with E-state index in [4.69, 9.17) is 37.9 Å². The van der Waals surface area contributed by atoms with Gasteiger partial charge >= 0.3 is 0 Å². The van der Waals surface area contributed by atoms with E-state index in [1.54, 1.807) is 18.2 Å². The summed E-state index contributed by atoms with van der Waals surface area (Å²) in [7, 11) is 0. The summed E-state index contributed by atoms with van der Waals surface area (Å²) in [6.45, 7) is 0.631. The highest BCUT2D eigenvalue weighted by atomic mass is 16.5. The van der Waals surface area contributed by atoms with Crippen LogP contribution in [0.4, 0.5) is 22.9 Å². The maximum absolute atomic E-state index is 8.50. The zero-order chi connectivity index (χ0) is 16.5. The van der Waals surface area contributed by atoms with Gasteiger partial charge in [-0.15, -0.1) is 0 Å². The Kier molecular flexibility index (Phi) is 6.80. The standard InChI is InChI=1S/C8H12N2O2.C5H10N4O/c9-6-1-2-8(7(10)5-6)12-4-3-11;6-4-3-8-9(1-2-10)5(4)7/h1-2,5,11H,3-4,9-10H2;3,10H,1-2,6-7H2. The van der Waals surface area contributed by atoms with Gasteiger partial charge in [0.05, 0.1) is 37.3 Å². The molecule has 0 unspecified atom stereocenters. The molecule has 1 heterocycles. The highest BCUT2D eigenvalue weighted by Crippen LogP contribution is 2.23. The minimum atomic E-state index is -0.0240. The number of nitrogens with two attached hydrogens (primary N) is 4. The second-order valence-electron chi connectivity index (χ2n) is 4.30. The Labute approximate surface area is 128 Å². The van der Waals surface area contributed by atoms with Crippen LogP contribution in [0, 0.1) is 0 Å². The first-order valence-electron chi connectivity index (χ1n) is 6.55. The predicted octanol–water partition coefficient (Wildman–Crippen LogP) is -0.738. The molecule has 0 saturated carbocycles. The molecular weight excluding hydrogens is 288 g/mol. The number of aliphatic hydroxyl groups is 2. The molecule has 0 bridgehead atoms. The van der Waals surface area contributed by atoms with Crippen molar-refractivity contribution in [2.75, 3.05) is 42.8 Å². The minimum absolute atomic E-state index is 0.0192. The van der Waals surface area contributed by atoms with Gasteiger partial charge in [-0.2, -0.15) is 5.10 Å². The number of hydrogen-bond donors (Lipinski definition) is 6. The average molecular weight is 310 g/mol. The molecular formula is C13H22N6O3. The normalized spacial score (nSPS) is 9.91. The largest absolute Gasteiger partial charge is 0.489 e. The molecule has 1 aromatic heterocycles. The zero-order valence-corrected chi connectivity index (χ0v) is 12.1. The van der Waals surface area contributed by atoms with Gasteiger partial charge in [0.2, 0.25) is 0 Å². The fourth-order valence-corrected chi connectivity index (χ4v) is 1.54. The zero-order valence-electron chi connectivity index (χ0n) is 12.1. The molecule has 0 fully saturated rings. The second-order valence-corrected chi connectivity index (χ2v) is 4.30. The van der Waals surface area contributed by atoms with E-state index in [1.165, 1.54) is 10.9 Å². The molecule has 10 N–H and O–H groups in total. The van der Waals surface area contributed by atoms with E-state index in [0.29, 0.717) is 35.2 Å². The fourth-order valence-electron chi connectivity index (χ4n) is 1.54. The van der Waals surface area contributed by atoms with Gasteiger partial charge < -0.3 is 37.9 Å². The third-order valence-electron chi connectivity index (χ3n) is 2.60. The Morgan fingerprint density at radius 2 is 1.77 bits per heavy atom. The molecule has 0 atom stereocenters. The van der Waals surface area contributed by atoms with Crippen molar-refractivity contribution in [3.05, 3.63) is 24.4 Å². The summed E-state index contributed by atoms with van der Waals surface area (Å²) in [5, 5.41) is 20.8. The Morgan fingerprint density at radius 3 is 2.27 bits per heavy atom. The number of hydrogen-bond acceptors (Lipinski definition) is 8. The van der Waals surface area contributed by atoms with Gasteiger partial charge in [-0.25, -0.2) is 4.68 Å². The molecule has 22 heavy (non-hydrogen) atoms. The molecule has 0 aliphatic carbocycles. The van der Waals surface area contributed by atoms with Crippen molar-refractivity contribution in [2.24, 2.45) is 0 Å². The fraction of sp³-hybridized carbons (Fsp3) is 0.308. The van der Waals surface area contributed by atoms with Crippen LogP contribution in [0.1, 0.15) is 0 Å². The number of ether oxygens (including phenoxy) is 1. The number of rotatable bonds is 5. The molecule has 0 radical (unpaired) electrons. The number of benzene rings is 1. The third-order valence-corrected chi connectivity index (χ3v) is 2.60. The van der Waals surface area contributed by atoms with Gasteiger partial charge in [-0.1, -0.05) is 0 Å². The summed E-state index contributed by atoms with van der Waals surface area (Å²) < 4.78 is 6.56. The smallest absolute Gasteiger partial charge is 0.145 e. The Balaban J connectivity index is 0.000000224. The van der Waals surface area contributed by atoms with E-state index < -0.39 is 0 Å². The van der Waals surface area contributed by atoms with Gasteiger partial charge in [0, 0.05) is 5.69 Å². The summed E-state index contributed by atoms with van der Waals surface area (Å²) in [6.07, 6.45) is 1.46. The molecule has 9 heteroatoms. The maximum atomic E-state index is 8.50. The Morgan fingerprint density at radius 1 is 1.05 bits per heavy atom. The van der Waals surface area contributed by atoms with Gasteiger partial charge in [0.25, 0.3) is 0 Å². The lowest BCUT2D eigenvalue weighted by Crippen LogP contribution is -2.07. The SMILES string of the molecule is Nc1ccc(OCCO)c(N)c1.Nc1cnn(CCO)c1N. The van der Waals surface area contributed by atoms with Gasteiger partial charge in [-0.3, -0.25) is 0 Å². The predicted molar refractivity (Wildman–Crippen MR) is 86.0 cm³/mol. The number of anilines is 4. The lowest BCUT2D eigenvalue weighted by molar-refractivity contribution is 0.202. The van der Waals surface area contributed by atoms with Crippen LogP contribution < -0.4 is 27.7 Å². The lowest BCUT2D eigenvalue weighted by atomic mass is 10.2. The van der Waals surface area contributed by atoms with Crippen molar-refractivity contribution < 1.29 is 14.9 Å². The Hall–Kier alpha value is -2.65. The van der Waals surface area contributed by atoms with Gasteiger partial charge in [0.1, 0.15) is 18.2 Å². The van der Waals surface area contributed by atoms with Crippen LogP contribution >= 0.6 is 0 Å². The highest BCUT2D eigenvalue weighted by Gasteiger charge is 2.01. The summed E-state index contributed by atoms with van der Waals surface area (Å²) in [5.74, 6) is 0.965. The van der Waals surface area contributed by atoms with Crippen LogP contribution in [0.3, 0.4) is 0 Å². The first-order chi connectivity index (χ1) is 10.5. The van der Waals surface area contributed by atoms with Crippen molar-refractivity contribution in [3.8, 4) is 5.75 Å². The van der Waals surface area contributed by atoms with Crippen molar-refractivity contribution in [1.29, 1.82) is 0 Å². The third kappa shape index (κ3) is 5.04. The van der Waals surface area contributed by atoms with Crippen LogP contribution in [0.25, 0.3) is 0 Å². The minimum Gasteiger partial charge on any atom is -0.489 e. The molecule has 2 aromatic rings. The van der Waals surface area contributed by atoms with Crippen molar-refractivity contribution in [3.63, 3.8) is 0 Å². The van der Waals surface area contributed by atoms with E-state index in [9.17, 15) is 0 Å². The van der Waals surface area contributed by atoms with Crippen LogP contribution in [0.15, 0.2) is 24.4 Å². The molecule has 0 amide bonds. The molecule has 1 aromatic carbocycles. The first kappa shape index (κ1) is 17.4. The van der Waals surface area contributed by atoms with Crippen LogP contribution in [0.2, 0.25) is 0 Å². The Bertz CT molecular complexity index is 587. The van der Waals surface area contributed by atoms with E-state index in [-0.39, 0.29) is 19.8 Å². The molecule has 9 nitrogen and oxygen atoms in total. The van der Waals surface area contributed by atoms with E-state index in [2.05, 4.69) is 5.10 Å². The van der Waals surface area contributed by atoms with E-state index >= 15 is 0 Å². The quantitative estimate of drug-likeness (QED) is 0.392. The summed E-state index contributed by atoms with van der Waals surface area (Å²) in [6, 6.07) is 5.00. The van der Waals surface area contributed by atoms with Crippen molar-refractivity contribution >= 4 is 22.9 Å². The van der Waals surface area contributed by atoms with Crippen molar-refractivity contribution in [1.82, 2.24) is 9.78 Å². The highest BCUT2D eigenvalue weighted by molar-refractivity contribution is 5.60. The molecule has 2 rings (SSSR count). The number of nitrogen functional groups attached to an aromatic ring is 4. The molecule has 0 spiro atoms. The maximum Gasteiger partial charge on any atom is 0.145 e. The summed E-state index contributed by atoms with van der Waals surface area (Å²) >= 11 is 0. The number of aromatic nitrogens is 2. The molecule has 122 valence electrons.